The molecule has 1 fully saturated rings. The summed E-state index contributed by atoms with van der Waals surface area (Å²) in [6.07, 6.45) is 0.343. The maximum atomic E-state index is 12.5. The number of aryl methyl sites for hydroxylation is 1. The monoisotopic (exact) mass is 379 g/mol. The van der Waals surface area contributed by atoms with Crippen LogP contribution >= 0.6 is 0 Å². The van der Waals surface area contributed by atoms with Crippen molar-refractivity contribution in [2.45, 2.75) is 19.3 Å². The number of hydrogen-bond donors (Lipinski definition) is 0. The first-order valence-corrected chi connectivity index (χ1v) is 9.02. The van der Waals surface area contributed by atoms with Crippen molar-refractivity contribution in [3.05, 3.63) is 53.9 Å². The average molecular weight is 379 g/mol. The Bertz CT molecular complexity index is 997. The summed E-state index contributed by atoms with van der Waals surface area (Å²) in [6.45, 7) is 2.54. The zero-order valence-electron chi connectivity index (χ0n) is 16.0. The first-order valence-electron chi connectivity index (χ1n) is 9.02. The molecule has 1 aromatic heterocycles. The van der Waals surface area contributed by atoms with E-state index in [9.17, 15) is 4.79 Å². The molecular weight excluding hydrogens is 358 g/mol. The minimum atomic E-state index is -0.140. The van der Waals surface area contributed by atoms with Crippen LogP contribution in [0.4, 0.5) is 5.69 Å². The highest BCUT2D eigenvalue weighted by atomic mass is 16.5. The minimum Gasteiger partial charge on any atom is -0.497 e. The molecule has 2 heterocycles. The Hall–Kier alpha value is -3.35. The van der Waals surface area contributed by atoms with E-state index in [2.05, 4.69) is 10.1 Å². The van der Waals surface area contributed by atoms with Gasteiger partial charge in [-0.2, -0.15) is 4.98 Å². The number of aromatic nitrogens is 2. The molecule has 0 bridgehead atoms. The van der Waals surface area contributed by atoms with Crippen molar-refractivity contribution in [1.82, 2.24) is 10.1 Å². The van der Waals surface area contributed by atoms with Gasteiger partial charge in [0.2, 0.25) is 17.6 Å². The van der Waals surface area contributed by atoms with Crippen molar-refractivity contribution in [2.24, 2.45) is 0 Å². The number of carbonyl (C=O) groups is 1. The number of ether oxygens (including phenoxy) is 2. The van der Waals surface area contributed by atoms with E-state index >= 15 is 0 Å². The van der Waals surface area contributed by atoms with Gasteiger partial charge in [-0.05, 0) is 31.2 Å². The lowest BCUT2D eigenvalue weighted by Gasteiger charge is -2.16. The molecule has 3 aromatic rings. The van der Waals surface area contributed by atoms with E-state index in [1.807, 2.05) is 43.3 Å². The van der Waals surface area contributed by atoms with Crippen LogP contribution in [0.1, 0.15) is 23.8 Å². The van der Waals surface area contributed by atoms with Crippen molar-refractivity contribution in [3.8, 4) is 22.9 Å². The van der Waals surface area contributed by atoms with Gasteiger partial charge in [0.05, 0.1) is 25.7 Å². The van der Waals surface area contributed by atoms with E-state index in [-0.39, 0.29) is 11.8 Å². The molecule has 0 aliphatic carbocycles. The van der Waals surface area contributed by atoms with Crippen LogP contribution in [0.3, 0.4) is 0 Å². The first kappa shape index (κ1) is 18.0. The predicted octanol–water partition coefficient (Wildman–Crippen LogP) is 3.58. The number of carbonyl (C=O) groups excluding carboxylic acids is 1. The number of hydrogen-bond acceptors (Lipinski definition) is 6. The lowest BCUT2D eigenvalue weighted by atomic mass is 10.1. The number of rotatable bonds is 5. The molecule has 4 rings (SSSR count). The normalized spacial score (nSPS) is 16.5. The average Bonchev–Trinajstić information content (AvgIpc) is 3.35. The Balaban J connectivity index is 1.57. The standard InChI is InChI=1S/C21H21N3O4/c1-13-4-6-15(7-5-13)24-12-14(10-19(24)25)21-22-20(23-28-21)17-9-8-16(26-2)11-18(17)27-3/h4-9,11,14H,10,12H2,1-3H3/t14-/m0/s1. The smallest absolute Gasteiger partial charge is 0.232 e. The van der Waals surface area contributed by atoms with E-state index in [1.54, 1.807) is 25.2 Å². The largest absolute Gasteiger partial charge is 0.497 e. The van der Waals surface area contributed by atoms with Gasteiger partial charge in [0.1, 0.15) is 11.5 Å². The third-order valence-electron chi connectivity index (χ3n) is 4.91. The van der Waals surface area contributed by atoms with Crippen molar-refractivity contribution in [2.75, 3.05) is 25.7 Å². The lowest BCUT2D eigenvalue weighted by molar-refractivity contribution is -0.117. The molecular formula is C21H21N3O4. The van der Waals surface area contributed by atoms with Gasteiger partial charge in [-0.3, -0.25) is 4.79 Å². The summed E-state index contributed by atoms with van der Waals surface area (Å²) in [5, 5.41) is 4.09. The summed E-state index contributed by atoms with van der Waals surface area (Å²) in [4.78, 5) is 18.8. The van der Waals surface area contributed by atoms with Gasteiger partial charge in [0.15, 0.2) is 0 Å². The Morgan fingerprint density at radius 2 is 1.89 bits per heavy atom. The van der Waals surface area contributed by atoms with E-state index in [1.165, 1.54) is 0 Å². The lowest BCUT2D eigenvalue weighted by Crippen LogP contribution is -2.24. The number of benzene rings is 2. The molecule has 0 spiro atoms. The van der Waals surface area contributed by atoms with Gasteiger partial charge in [-0.15, -0.1) is 0 Å². The number of nitrogens with zero attached hydrogens (tertiary/aromatic N) is 3. The maximum Gasteiger partial charge on any atom is 0.232 e. The van der Waals surface area contributed by atoms with Crippen LogP contribution in [0.5, 0.6) is 11.5 Å². The van der Waals surface area contributed by atoms with E-state index in [4.69, 9.17) is 14.0 Å². The van der Waals surface area contributed by atoms with Gasteiger partial charge < -0.3 is 18.9 Å². The Morgan fingerprint density at radius 3 is 2.61 bits per heavy atom. The molecule has 1 amide bonds. The summed E-state index contributed by atoms with van der Waals surface area (Å²) in [7, 11) is 3.17. The van der Waals surface area contributed by atoms with Crippen molar-refractivity contribution >= 4 is 11.6 Å². The summed E-state index contributed by atoms with van der Waals surface area (Å²) in [5.41, 5.74) is 2.75. The molecule has 1 atom stereocenters. The van der Waals surface area contributed by atoms with Crippen LogP contribution in [0.2, 0.25) is 0 Å². The summed E-state index contributed by atoms with van der Waals surface area (Å²) in [6, 6.07) is 13.3. The zero-order chi connectivity index (χ0) is 19.7. The molecule has 1 aliphatic rings. The SMILES string of the molecule is COc1ccc(-c2noc([C@H]3CC(=O)N(c4ccc(C)cc4)C3)n2)c(OC)c1. The maximum absolute atomic E-state index is 12.5. The molecule has 2 aromatic carbocycles. The van der Waals surface area contributed by atoms with Crippen LogP contribution in [-0.4, -0.2) is 36.8 Å². The molecule has 28 heavy (non-hydrogen) atoms. The molecule has 1 aliphatic heterocycles. The second-order valence-electron chi connectivity index (χ2n) is 6.76. The van der Waals surface area contributed by atoms with Gasteiger partial charge in [0, 0.05) is 24.7 Å². The predicted molar refractivity (Wildman–Crippen MR) is 104 cm³/mol. The molecule has 144 valence electrons. The van der Waals surface area contributed by atoms with Gasteiger partial charge in [0.25, 0.3) is 0 Å². The van der Waals surface area contributed by atoms with Gasteiger partial charge in [-0.1, -0.05) is 22.9 Å². The molecule has 0 N–H and O–H groups in total. The molecule has 1 saturated heterocycles. The topological polar surface area (TPSA) is 77.7 Å². The van der Waals surface area contributed by atoms with E-state index in [0.29, 0.717) is 41.7 Å². The second-order valence-corrected chi connectivity index (χ2v) is 6.76. The van der Waals surface area contributed by atoms with Gasteiger partial charge in [-0.25, -0.2) is 0 Å². The van der Waals surface area contributed by atoms with Crippen LogP contribution in [0, 0.1) is 6.92 Å². The Kier molecular flexibility index (Phi) is 4.73. The highest BCUT2D eigenvalue weighted by molar-refractivity contribution is 5.96. The van der Waals surface area contributed by atoms with Crippen LogP contribution in [-0.2, 0) is 4.79 Å². The fourth-order valence-electron chi connectivity index (χ4n) is 3.34. The minimum absolute atomic E-state index is 0.0515. The van der Waals surface area contributed by atoms with Crippen LogP contribution < -0.4 is 14.4 Å². The molecule has 7 nitrogen and oxygen atoms in total. The van der Waals surface area contributed by atoms with Crippen LogP contribution in [0.15, 0.2) is 47.0 Å². The fraction of sp³-hybridized carbons (Fsp3) is 0.286. The fourth-order valence-corrected chi connectivity index (χ4v) is 3.34. The second kappa shape index (κ2) is 7.34. The summed E-state index contributed by atoms with van der Waals surface area (Å²) in [5.74, 6) is 2.07. The zero-order valence-corrected chi connectivity index (χ0v) is 16.0. The van der Waals surface area contributed by atoms with Crippen molar-refractivity contribution < 1.29 is 18.8 Å². The van der Waals surface area contributed by atoms with E-state index < -0.39 is 0 Å². The number of amides is 1. The molecule has 7 heteroatoms. The van der Waals surface area contributed by atoms with Gasteiger partial charge >= 0.3 is 0 Å². The highest BCUT2D eigenvalue weighted by Gasteiger charge is 2.35. The third-order valence-corrected chi connectivity index (χ3v) is 4.91. The third kappa shape index (κ3) is 3.31. The quantitative estimate of drug-likeness (QED) is 0.674. The summed E-state index contributed by atoms with van der Waals surface area (Å²) >= 11 is 0. The Morgan fingerprint density at radius 1 is 1.11 bits per heavy atom. The first-order chi connectivity index (χ1) is 13.6. The summed E-state index contributed by atoms with van der Waals surface area (Å²) < 4.78 is 16.1. The molecule has 0 saturated carbocycles. The van der Waals surface area contributed by atoms with Crippen LogP contribution in [0.25, 0.3) is 11.4 Å². The van der Waals surface area contributed by atoms with Crippen molar-refractivity contribution in [3.63, 3.8) is 0 Å². The number of methoxy groups -OCH3 is 2. The van der Waals surface area contributed by atoms with Crippen molar-refractivity contribution in [1.29, 1.82) is 0 Å². The molecule has 0 radical (unpaired) electrons. The number of anilines is 1. The Labute approximate surface area is 162 Å². The van der Waals surface area contributed by atoms with E-state index in [0.717, 1.165) is 11.3 Å². The molecule has 0 unspecified atom stereocenters. The highest BCUT2D eigenvalue weighted by Crippen LogP contribution is 2.35.